The molecule has 51 heavy (non-hydrogen) atoms. The van der Waals surface area contributed by atoms with Crippen molar-refractivity contribution >= 4 is 34.9 Å². The maximum atomic E-state index is 14.7. The number of primary amides is 1. The van der Waals surface area contributed by atoms with Crippen LogP contribution in [0.15, 0.2) is 66.2 Å². The van der Waals surface area contributed by atoms with Crippen LogP contribution in [0.25, 0.3) is 5.57 Å². The summed E-state index contributed by atoms with van der Waals surface area (Å²) in [7, 11) is 0. The summed E-state index contributed by atoms with van der Waals surface area (Å²) < 4.78 is 46.7. The topological polar surface area (TPSA) is 105 Å². The Morgan fingerprint density at radius 3 is 2.39 bits per heavy atom. The highest BCUT2D eigenvalue weighted by atomic mass is 35.5. The molecule has 270 valence electrons. The van der Waals surface area contributed by atoms with E-state index in [2.05, 4.69) is 5.32 Å². The van der Waals surface area contributed by atoms with Crippen LogP contribution >= 0.6 is 11.6 Å². The molecule has 3 aliphatic rings. The van der Waals surface area contributed by atoms with Crippen molar-refractivity contribution < 1.29 is 32.3 Å². The van der Waals surface area contributed by atoms with Gasteiger partial charge in [-0.1, -0.05) is 54.1 Å². The number of fused-ring (bicyclic) bond motifs is 2. The largest absolute Gasteiger partial charge is 0.488 e. The van der Waals surface area contributed by atoms with E-state index in [0.29, 0.717) is 62.3 Å². The molecule has 6 rings (SSSR count). The van der Waals surface area contributed by atoms with Gasteiger partial charge in [0.2, 0.25) is 17.6 Å². The molecule has 2 heterocycles. The van der Waals surface area contributed by atoms with Crippen molar-refractivity contribution in [3.63, 3.8) is 0 Å². The van der Waals surface area contributed by atoms with Crippen molar-refractivity contribution in [1.29, 1.82) is 0 Å². The third kappa shape index (κ3) is 8.94. The predicted octanol–water partition coefficient (Wildman–Crippen LogP) is 5.98. The predicted molar refractivity (Wildman–Crippen MR) is 188 cm³/mol. The maximum absolute atomic E-state index is 14.7. The van der Waals surface area contributed by atoms with Crippen molar-refractivity contribution in [2.24, 2.45) is 5.73 Å². The second-order valence-electron chi connectivity index (χ2n) is 13.5. The number of ether oxygens (including phenoxy) is 1. The average Bonchev–Trinajstić information content (AvgIpc) is 3.95. The summed E-state index contributed by atoms with van der Waals surface area (Å²) in [5.74, 6) is -4.73. The van der Waals surface area contributed by atoms with Gasteiger partial charge in [-0.05, 0) is 85.4 Å². The summed E-state index contributed by atoms with van der Waals surface area (Å²) in [5, 5.41) is 4.29. The molecule has 12 heteroatoms. The van der Waals surface area contributed by atoms with Crippen LogP contribution in [0, 0.1) is 17.5 Å². The van der Waals surface area contributed by atoms with E-state index in [-0.39, 0.29) is 49.4 Å². The maximum Gasteiger partial charge on any atom is 0.252 e. The number of aryl methyl sites for hydroxylation is 1. The smallest absolute Gasteiger partial charge is 0.252 e. The molecule has 2 unspecified atom stereocenters. The third-order valence-corrected chi connectivity index (χ3v) is 10.2. The Morgan fingerprint density at radius 2 is 1.67 bits per heavy atom. The minimum atomic E-state index is -1.34. The number of piperazine rings is 1. The number of nitrogens with zero attached hydrogens (tertiary/aromatic N) is 2. The zero-order valence-corrected chi connectivity index (χ0v) is 29.1. The van der Waals surface area contributed by atoms with Gasteiger partial charge in [-0.2, -0.15) is 4.39 Å². The van der Waals surface area contributed by atoms with Gasteiger partial charge in [0.25, 0.3) is 5.91 Å². The van der Waals surface area contributed by atoms with E-state index >= 15 is 0 Å². The number of carbonyl (C=O) groups excluding carboxylic acids is 3. The van der Waals surface area contributed by atoms with Crippen molar-refractivity contribution in [3.8, 4) is 5.75 Å². The summed E-state index contributed by atoms with van der Waals surface area (Å²) in [6.07, 6.45) is 4.77. The molecule has 0 radical (unpaired) electrons. The molecular weight excluding hydrogens is 681 g/mol. The molecule has 1 saturated heterocycles. The Bertz CT molecular complexity index is 1800. The molecule has 8 nitrogen and oxygen atoms in total. The van der Waals surface area contributed by atoms with E-state index in [9.17, 15) is 27.6 Å². The Morgan fingerprint density at radius 1 is 0.922 bits per heavy atom. The lowest BCUT2D eigenvalue weighted by Crippen LogP contribution is -2.62. The van der Waals surface area contributed by atoms with Gasteiger partial charge < -0.3 is 25.6 Å². The Labute approximate surface area is 300 Å². The Hall–Kier alpha value is -4.35. The van der Waals surface area contributed by atoms with E-state index in [1.54, 1.807) is 4.90 Å². The van der Waals surface area contributed by atoms with Crippen LogP contribution in [0.5, 0.6) is 5.75 Å². The normalized spacial score (nSPS) is 18.5. The lowest BCUT2D eigenvalue weighted by Gasteiger charge is -2.45. The molecule has 3 amide bonds. The number of halogens is 4. The van der Waals surface area contributed by atoms with Gasteiger partial charge in [0, 0.05) is 55.2 Å². The molecule has 2 atom stereocenters. The van der Waals surface area contributed by atoms with Gasteiger partial charge >= 0.3 is 0 Å². The molecule has 3 N–H and O–H groups in total. The highest BCUT2D eigenvalue weighted by Crippen LogP contribution is 2.37. The number of amides is 3. The average molecular weight is 723 g/mol. The van der Waals surface area contributed by atoms with Crippen LogP contribution in [0.3, 0.4) is 0 Å². The number of nitrogens with two attached hydrogens (primary N) is 1. The van der Waals surface area contributed by atoms with Crippen LogP contribution in [-0.2, 0) is 27.2 Å². The van der Waals surface area contributed by atoms with Crippen molar-refractivity contribution in [1.82, 2.24) is 15.1 Å². The van der Waals surface area contributed by atoms with Crippen molar-refractivity contribution in [2.45, 2.75) is 75.9 Å². The van der Waals surface area contributed by atoms with Crippen LogP contribution in [0.4, 0.5) is 13.2 Å². The molecule has 2 bridgehead atoms. The van der Waals surface area contributed by atoms with Crippen LogP contribution in [0.1, 0.15) is 61.6 Å². The third-order valence-electron chi connectivity index (χ3n) is 9.79. The lowest BCUT2D eigenvalue weighted by atomic mass is 9.82. The first-order chi connectivity index (χ1) is 24.6. The van der Waals surface area contributed by atoms with Gasteiger partial charge in [-0.3, -0.25) is 14.4 Å². The van der Waals surface area contributed by atoms with Gasteiger partial charge in [0.1, 0.15) is 0 Å². The summed E-state index contributed by atoms with van der Waals surface area (Å²) in [6.45, 7) is 1.34. The summed E-state index contributed by atoms with van der Waals surface area (Å²) in [5.41, 5.74) is 9.76. The zero-order chi connectivity index (χ0) is 36.1. The van der Waals surface area contributed by atoms with Crippen LogP contribution < -0.4 is 15.8 Å². The Balaban J connectivity index is 1.21. The molecule has 3 aromatic rings. The second-order valence-corrected chi connectivity index (χ2v) is 13.9. The van der Waals surface area contributed by atoms with Crippen LogP contribution in [-0.4, -0.2) is 71.9 Å². The highest BCUT2D eigenvalue weighted by Gasteiger charge is 2.43. The fourth-order valence-electron chi connectivity index (χ4n) is 7.04. The van der Waals surface area contributed by atoms with Gasteiger partial charge in [-0.15, -0.1) is 0 Å². The van der Waals surface area contributed by atoms with Crippen molar-refractivity contribution in [2.75, 3.05) is 26.2 Å². The van der Waals surface area contributed by atoms with Gasteiger partial charge in [0.05, 0.1) is 12.6 Å². The number of hydrogen-bond donors (Lipinski definition) is 2. The number of nitrogens with one attached hydrogen (secondary N) is 1. The lowest BCUT2D eigenvalue weighted by molar-refractivity contribution is -0.134. The summed E-state index contributed by atoms with van der Waals surface area (Å²) >= 11 is 6.47. The molecule has 2 aliphatic heterocycles. The zero-order valence-electron chi connectivity index (χ0n) is 28.3. The molecule has 1 aliphatic carbocycles. The minimum absolute atomic E-state index is 0.000815. The number of rotatable bonds is 15. The monoisotopic (exact) mass is 722 g/mol. The van der Waals surface area contributed by atoms with Gasteiger partial charge in [0.15, 0.2) is 17.4 Å². The molecule has 2 fully saturated rings. The molecule has 0 spiro atoms. The second kappa shape index (κ2) is 16.3. The standard InChI is InChI=1S/C39H42ClF3N4O4/c40-30-7-2-1-6-26(30)18-19-47(28-14-15-28)39(50)36-29(21-27-22-46(23-33(36)45-27)35(49)9-3-8-34(44)48)25-12-10-24(11-13-25)5-4-20-51-38-32(42)17-16-31(41)37(38)43/h1-2,6-7,10-13,16-17,27-28,33,45H,3-5,8-9,14-15,18-23H2,(H2,44,48). The summed E-state index contributed by atoms with van der Waals surface area (Å²) in [6, 6.07) is 16.8. The number of hydrogen-bond acceptors (Lipinski definition) is 5. The fourth-order valence-corrected chi connectivity index (χ4v) is 7.27. The van der Waals surface area contributed by atoms with E-state index in [4.69, 9.17) is 22.1 Å². The quantitative estimate of drug-likeness (QED) is 0.148. The Kier molecular flexibility index (Phi) is 11.7. The first-order valence-electron chi connectivity index (χ1n) is 17.5. The number of benzene rings is 3. The minimum Gasteiger partial charge on any atom is -0.488 e. The number of carbonyl (C=O) groups is 3. The van der Waals surface area contributed by atoms with E-state index in [0.717, 1.165) is 47.2 Å². The fraction of sp³-hybridized carbons (Fsp3) is 0.410. The molecule has 1 saturated carbocycles. The van der Waals surface area contributed by atoms with E-state index in [1.165, 1.54) is 0 Å². The molecule has 3 aromatic carbocycles. The highest BCUT2D eigenvalue weighted by molar-refractivity contribution is 6.31. The summed E-state index contributed by atoms with van der Waals surface area (Å²) in [4.78, 5) is 42.9. The van der Waals surface area contributed by atoms with Crippen LogP contribution in [0.2, 0.25) is 5.02 Å². The van der Waals surface area contributed by atoms with E-state index < -0.39 is 29.1 Å². The van der Waals surface area contributed by atoms with E-state index in [1.807, 2.05) is 53.4 Å². The first kappa shape index (κ1) is 36.4. The van der Waals surface area contributed by atoms with Crippen molar-refractivity contribution in [3.05, 3.63) is 105 Å². The first-order valence-corrected chi connectivity index (χ1v) is 17.9. The van der Waals surface area contributed by atoms with Gasteiger partial charge in [-0.25, -0.2) is 8.78 Å². The molecular formula is C39H42ClF3N4O4. The SMILES string of the molecule is NC(=O)CCCC(=O)N1CC2CC(c3ccc(CCCOc4c(F)ccc(F)c4F)cc3)=C(C(=O)N(CCc3ccccc3Cl)C3CC3)C(C1)N2. The molecule has 0 aromatic heterocycles.